The second-order valence-corrected chi connectivity index (χ2v) is 5.44. The first-order valence-corrected chi connectivity index (χ1v) is 7.28. The Morgan fingerprint density at radius 3 is 2.86 bits per heavy atom. The van der Waals surface area contributed by atoms with Gasteiger partial charge in [0, 0.05) is 32.8 Å². The molecule has 0 aromatic heterocycles. The summed E-state index contributed by atoms with van der Waals surface area (Å²) in [4.78, 5) is 25.2. The van der Waals surface area contributed by atoms with E-state index in [0.717, 1.165) is 18.4 Å². The third-order valence-corrected chi connectivity index (χ3v) is 3.52. The summed E-state index contributed by atoms with van der Waals surface area (Å²) in [6.45, 7) is 1.23. The van der Waals surface area contributed by atoms with Gasteiger partial charge in [-0.15, -0.1) is 0 Å². The molecule has 0 unspecified atom stereocenters. The average Bonchev–Trinajstić information content (AvgIpc) is 3.01. The fourth-order valence-electron chi connectivity index (χ4n) is 2.35. The van der Waals surface area contributed by atoms with Crippen molar-refractivity contribution in [2.45, 2.75) is 25.4 Å². The van der Waals surface area contributed by atoms with E-state index in [9.17, 15) is 9.59 Å². The van der Waals surface area contributed by atoms with Crippen molar-refractivity contribution in [2.75, 3.05) is 27.2 Å². The number of rotatable bonds is 5. The van der Waals surface area contributed by atoms with Crippen LogP contribution in [-0.2, 0) is 16.0 Å². The van der Waals surface area contributed by atoms with Crippen LogP contribution >= 0.6 is 0 Å². The molecule has 0 spiro atoms. The van der Waals surface area contributed by atoms with Crippen LogP contribution in [0.2, 0.25) is 0 Å². The molecule has 1 heterocycles. The van der Waals surface area contributed by atoms with Crippen LogP contribution in [0.1, 0.15) is 28.8 Å². The fraction of sp³-hybridized carbons (Fsp3) is 0.500. The summed E-state index contributed by atoms with van der Waals surface area (Å²) in [6.07, 6.45) is 2.17. The van der Waals surface area contributed by atoms with E-state index in [1.165, 1.54) is 0 Å². The molecule has 1 aliphatic rings. The summed E-state index contributed by atoms with van der Waals surface area (Å²) in [7, 11) is 3.47. The topological polar surface area (TPSA) is 58.6 Å². The Balaban J connectivity index is 1.84. The molecule has 1 N–H and O–H groups in total. The van der Waals surface area contributed by atoms with Crippen molar-refractivity contribution in [1.82, 2.24) is 10.2 Å². The SMILES string of the molecule is CN(C)C(=O)c1cccc(CCNC(=O)[C@H]2CCCO2)c1. The van der Waals surface area contributed by atoms with Crippen LogP contribution in [0.5, 0.6) is 0 Å². The van der Waals surface area contributed by atoms with Crippen molar-refractivity contribution in [3.05, 3.63) is 35.4 Å². The highest BCUT2D eigenvalue weighted by Crippen LogP contribution is 2.12. The van der Waals surface area contributed by atoms with Gasteiger partial charge in [-0.1, -0.05) is 12.1 Å². The average molecular weight is 290 g/mol. The van der Waals surface area contributed by atoms with E-state index in [1.54, 1.807) is 25.1 Å². The lowest BCUT2D eigenvalue weighted by Gasteiger charge is -2.12. The Kier molecular flexibility index (Phi) is 5.33. The molecule has 114 valence electrons. The third-order valence-electron chi connectivity index (χ3n) is 3.52. The number of hydrogen-bond donors (Lipinski definition) is 1. The van der Waals surface area contributed by atoms with Gasteiger partial charge in [0.25, 0.3) is 5.91 Å². The standard InChI is InChI=1S/C16H22N2O3/c1-18(2)16(20)13-6-3-5-12(11-13)8-9-17-15(19)14-7-4-10-21-14/h3,5-6,11,14H,4,7-10H2,1-2H3,(H,17,19)/t14-/m1/s1. The van der Waals surface area contributed by atoms with Crippen molar-refractivity contribution in [3.8, 4) is 0 Å². The van der Waals surface area contributed by atoms with Gasteiger partial charge in [0.2, 0.25) is 5.91 Å². The molecule has 1 atom stereocenters. The Morgan fingerprint density at radius 1 is 1.38 bits per heavy atom. The molecule has 2 rings (SSSR count). The minimum absolute atomic E-state index is 0.0137. The van der Waals surface area contributed by atoms with E-state index in [4.69, 9.17) is 4.74 Å². The number of amides is 2. The quantitative estimate of drug-likeness (QED) is 0.887. The van der Waals surface area contributed by atoms with Gasteiger partial charge < -0.3 is 15.0 Å². The molecule has 1 aliphatic heterocycles. The largest absolute Gasteiger partial charge is 0.368 e. The molecule has 2 amide bonds. The van der Waals surface area contributed by atoms with Crippen molar-refractivity contribution in [2.24, 2.45) is 0 Å². The first kappa shape index (κ1) is 15.5. The highest BCUT2D eigenvalue weighted by Gasteiger charge is 2.22. The van der Waals surface area contributed by atoms with E-state index >= 15 is 0 Å². The first-order valence-electron chi connectivity index (χ1n) is 7.28. The molecule has 5 heteroatoms. The van der Waals surface area contributed by atoms with Crippen LogP contribution in [0.3, 0.4) is 0 Å². The lowest BCUT2D eigenvalue weighted by Crippen LogP contribution is -2.35. The number of benzene rings is 1. The maximum atomic E-state index is 11.9. The molecule has 1 saturated heterocycles. The second-order valence-electron chi connectivity index (χ2n) is 5.44. The normalized spacial score (nSPS) is 17.5. The summed E-state index contributed by atoms with van der Waals surface area (Å²) >= 11 is 0. The molecule has 0 radical (unpaired) electrons. The van der Waals surface area contributed by atoms with Gasteiger partial charge in [-0.25, -0.2) is 0 Å². The highest BCUT2D eigenvalue weighted by molar-refractivity contribution is 5.94. The molecule has 0 saturated carbocycles. The van der Waals surface area contributed by atoms with Crippen molar-refractivity contribution in [1.29, 1.82) is 0 Å². The first-order chi connectivity index (χ1) is 10.1. The Hall–Kier alpha value is -1.88. The zero-order valence-corrected chi connectivity index (χ0v) is 12.6. The van der Waals surface area contributed by atoms with E-state index in [1.807, 2.05) is 18.2 Å². The summed E-state index contributed by atoms with van der Waals surface area (Å²) < 4.78 is 5.33. The van der Waals surface area contributed by atoms with Gasteiger partial charge in [0.05, 0.1) is 0 Å². The number of nitrogens with zero attached hydrogens (tertiary/aromatic N) is 1. The van der Waals surface area contributed by atoms with Crippen LogP contribution in [0, 0.1) is 0 Å². The number of hydrogen-bond acceptors (Lipinski definition) is 3. The highest BCUT2D eigenvalue weighted by atomic mass is 16.5. The number of nitrogens with one attached hydrogen (secondary N) is 1. The van der Waals surface area contributed by atoms with Crippen molar-refractivity contribution >= 4 is 11.8 Å². The molecule has 1 fully saturated rings. The maximum Gasteiger partial charge on any atom is 0.253 e. The number of carbonyl (C=O) groups is 2. The molecular formula is C16H22N2O3. The smallest absolute Gasteiger partial charge is 0.253 e. The van der Waals surface area contributed by atoms with E-state index in [2.05, 4.69) is 5.32 Å². The summed E-state index contributed by atoms with van der Waals surface area (Å²) in [5.41, 5.74) is 1.71. The summed E-state index contributed by atoms with van der Waals surface area (Å²) in [5.74, 6) is -0.0479. The predicted octanol–water partition coefficient (Wildman–Crippen LogP) is 1.23. The number of ether oxygens (including phenoxy) is 1. The fourth-order valence-corrected chi connectivity index (χ4v) is 2.35. The maximum absolute atomic E-state index is 11.9. The van der Waals surface area contributed by atoms with E-state index < -0.39 is 0 Å². The van der Waals surface area contributed by atoms with Crippen LogP contribution in [0.25, 0.3) is 0 Å². The lowest BCUT2D eigenvalue weighted by atomic mass is 10.1. The minimum atomic E-state index is -0.286. The van der Waals surface area contributed by atoms with E-state index in [0.29, 0.717) is 25.1 Å². The predicted molar refractivity (Wildman–Crippen MR) is 80.1 cm³/mol. The van der Waals surface area contributed by atoms with Crippen LogP contribution in [0.15, 0.2) is 24.3 Å². The van der Waals surface area contributed by atoms with Gasteiger partial charge in [-0.3, -0.25) is 9.59 Å². The molecule has 1 aromatic rings. The van der Waals surface area contributed by atoms with Gasteiger partial charge >= 0.3 is 0 Å². The minimum Gasteiger partial charge on any atom is -0.368 e. The summed E-state index contributed by atoms with van der Waals surface area (Å²) in [6, 6.07) is 7.51. The van der Waals surface area contributed by atoms with Gasteiger partial charge in [0.15, 0.2) is 0 Å². The molecule has 1 aromatic carbocycles. The van der Waals surface area contributed by atoms with E-state index in [-0.39, 0.29) is 17.9 Å². The van der Waals surface area contributed by atoms with Gasteiger partial charge in [-0.05, 0) is 37.0 Å². The summed E-state index contributed by atoms with van der Waals surface area (Å²) in [5, 5.41) is 2.89. The molecular weight excluding hydrogens is 268 g/mol. The van der Waals surface area contributed by atoms with Gasteiger partial charge in [0.1, 0.15) is 6.10 Å². The molecule has 5 nitrogen and oxygen atoms in total. The van der Waals surface area contributed by atoms with Crippen LogP contribution in [-0.4, -0.2) is 50.1 Å². The second kappa shape index (κ2) is 7.22. The number of carbonyl (C=O) groups excluding carboxylic acids is 2. The molecule has 0 aliphatic carbocycles. The molecule has 0 bridgehead atoms. The van der Waals surface area contributed by atoms with Crippen LogP contribution < -0.4 is 5.32 Å². The molecule has 21 heavy (non-hydrogen) atoms. The Bertz CT molecular complexity index is 508. The van der Waals surface area contributed by atoms with Crippen molar-refractivity contribution < 1.29 is 14.3 Å². The van der Waals surface area contributed by atoms with Gasteiger partial charge in [-0.2, -0.15) is 0 Å². The third kappa shape index (κ3) is 4.29. The lowest BCUT2D eigenvalue weighted by molar-refractivity contribution is -0.129. The zero-order valence-electron chi connectivity index (χ0n) is 12.6. The monoisotopic (exact) mass is 290 g/mol. The van der Waals surface area contributed by atoms with Crippen LogP contribution in [0.4, 0.5) is 0 Å². The zero-order chi connectivity index (χ0) is 15.2. The Morgan fingerprint density at radius 2 is 2.19 bits per heavy atom. The Labute approximate surface area is 125 Å². The van der Waals surface area contributed by atoms with Crippen molar-refractivity contribution in [3.63, 3.8) is 0 Å².